The predicted octanol–water partition coefficient (Wildman–Crippen LogP) is 2.58. The summed E-state index contributed by atoms with van der Waals surface area (Å²) in [6, 6.07) is 8.27. The van der Waals surface area contributed by atoms with Crippen LogP contribution in [0.25, 0.3) is 0 Å². The van der Waals surface area contributed by atoms with E-state index in [1.807, 2.05) is 29.2 Å². The molecule has 0 spiro atoms. The molecule has 1 aliphatic heterocycles. The number of fused-ring (bicyclic) bond motifs is 1. The summed E-state index contributed by atoms with van der Waals surface area (Å²) in [5.74, 6) is 1.72. The number of rotatable bonds is 6. The third-order valence-electron chi connectivity index (χ3n) is 4.26. The number of nitrogens with zero attached hydrogens (tertiary/aromatic N) is 1. The first-order chi connectivity index (χ1) is 10.3. The third-order valence-corrected chi connectivity index (χ3v) is 4.26. The standard InChI is InChI=1S/C17H24N2O2/c1-2-10-18-14(13-7-8-13)12-19-15-5-3-4-6-16(15)21-11-9-17(19)20/h3-6,13-14,18H,2,7-12H2,1H3. The molecule has 1 atom stereocenters. The fourth-order valence-electron chi connectivity index (χ4n) is 2.93. The number of nitrogens with one attached hydrogen (secondary N) is 1. The van der Waals surface area contributed by atoms with E-state index >= 15 is 0 Å². The van der Waals surface area contributed by atoms with E-state index in [2.05, 4.69) is 12.2 Å². The SMILES string of the molecule is CCCNC(CN1C(=O)CCOc2ccccc21)C1CC1. The van der Waals surface area contributed by atoms with Crippen LogP contribution in [0.15, 0.2) is 24.3 Å². The van der Waals surface area contributed by atoms with Crippen LogP contribution in [0.4, 0.5) is 5.69 Å². The molecule has 3 rings (SSSR count). The topological polar surface area (TPSA) is 41.6 Å². The molecular weight excluding hydrogens is 264 g/mol. The Hall–Kier alpha value is -1.55. The average Bonchev–Trinajstić information content (AvgIpc) is 3.33. The molecule has 114 valence electrons. The number of amides is 1. The Morgan fingerprint density at radius 2 is 2.19 bits per heavy atom. The number of anilines is 1. The van der Waals surface area contributed by atoms with Crippen molar-refractivity contribution in [2.75, 3.05) is 24.6 Å². The van der Waals surface area contributed by atoms with Gasteiger partial charge in [-0.05, 0) is 43.9 Å². The van der Waals surface area contributed by atoms with Gasteiger partial charge in [0.2, 0.25) is 5.91 Å². The minimum atomic E-state index is 0.170. The Morgan fingerprint density at radius 3 is 2.95 bits per heavy atom. The zero-order valence-corrected chi connectivity index (χ0v) is 12.7. The Morgan fingerprint density at radius 1 is 1.38 bits per heavy atom. The van der Waals surface area contributed by atoms with Gasteiger partial charge in [0.25, 0.3) is 0 Å². The van der Waals surface area contributed by atoms with Crippen LogP contribution in [0.3, 0.4) is 0 Å². The molecule has 1 aromatic rings. The molecule has 1 unspecified atom stereocenters. The van der Waals surface area contributed by atoms with E-state index in [0.717, 1.165) is 36.9 Å². The van der Waals surface area contributed by atoms with Gasteiger partial charge in [-0.3, -0.25) is 4.79 Å². The fourth-order valence-corrected chi connectivity index (χ4v) is 2.93. The highest BCUT2D eigenvalue weighted by Crippen LogP contribution is 2.36. The van der Waals surface area contributed by atoms with Gasteiger partial charge < -0.3 is 15.0 Å². The summed E-state index contributed by atoms with van der Waals surface area (Å²) in [5.41, 5.74) is 0.920. The molecule has 0 radical (unpaired) electrons. The molecule has 4 heteroatoms. The largest absolute Gasteiger partial charge is 0.491 e. The second-order valence-corrected chi connectivity index (χ2v) is 5.97. The minimum absolute atomic E-state index is 0.170. The first-order valence-electron chi connectivity index (χ1n) is 8.05. The summed E-state index contributed by atoms with van der Waals surface area (Å²) in [4.78, 5) is 14.4. The zero-order chi connectivity index (χ0) is 14.7. The summed E-state index contributed by atoms with van der Waals surface area (Å²) in [6.45, 7) is 4.42. The van der Waals surface area contributed by atoms with Crippen LogP contribution >= 0.6 is 0 Å². The lowest BCUT2D eigenvalue weighted by Crippen LogP contribution is -2.45. The Labute approximate surface area is 126 Å². The molecule has 0 bridgehead atoms. The van der Waals surface area contributed by atoms with Crippen molar-refractivity contribution in [3.63, 3.8) is 0 Å². The predicted molar refractivity (Wildman–Crippen MR) is 83.7 cm³/mol. The van der Waals surface area contributed by atoms with Gasteiger partial charge in [0.1, 0.15) is 5.75 Å². The highest BCUT2D eigenvalue weighted by molar-refractivity contribution is 5.95. The number of carbonyl (C=O) groups is 1. The second-order valence-electron chi connectivity index (χ2n) is 5.97. The molecule has 0 saturated heterocycles. The van der Waals surface area contributed by atoms with E-state index in [9.17, 15) is 4.79 Å². The smallest absolute Gasteiger partial charge is 0.230 e. The lowest BCUT2D eigenvalue weighted by Gasteiger charge is -2.28. The summed E-state index contributed by atoms with van der Waals surface area (Å²) in [5, 5.41) is 3.62. The van der Waals surface area contributed by atoms with Crippen LogP contribution in [-0.2, 0) is 4.79 Å². The Bertz CT molecular complexity index is 499. The van der Waals surface area contributed by atoms with Crippen molar-refractivity contribution in [3.8, 4) is 5.75 Å². The molecule has 1 aliphatic carbocycles. The fraction of sp³-hybridized carbons (Fsp3) is 0.588. The second kappa shape index (κ2) is 6.48. The number of benzene rings is 1. The number of ether oxygens (including phenoxy) is 1. The Kier molecular flexibility index (Phi) is 4.44. The molecule has 1 amide bonds. The Balaban J connectivity index is 1.79. The van der Waals surface area contributed by atoms with Crippen LogP contribution in [0.1, 0.15) is 32.6 Å². The number of hydrogen-bond donors (Lipinski definition) is 1. The van der Waals surface area contributed by atoms with Crippen LogP contribution in [0.2, 0.25) is 0 Å². The molecule has 21 heavy (non-hydrogen) atoms. The van der Waals surface area contributed by atoms with E-state index in [1.54, 1.807) is 0 Å². The van der Waals surface area contributed by atoms with Crippen molar-refractivity contribution in [2.24, 2.45) is 5.92 Å². The van der Waals surface area contributed by atoms with Crippen molar-refractivity contribution in [1.29, 1.82) is 0 Å². The van der Waals surface area contributed by atoms with Crippen LogP contribution < -0.4 is 15.0 Å². The monoisotopic (exact) mass is 288 g/mol. The summed E-state index contributed by atoms with van der Waals surface area (Å²) >= 11 is 0. The maximum atomic E-state index is 12.4. The van der Waals surface area contributed by atoms with Crippen LogP contribution in [0, 0.1) is 5.92 Å². The summed E-state index contributed by atoms with van der Waals surface area (Å²) in [7, 11) is 0. The first kappa shape index (κ1) is 14.4. The van der Waals surface area contributed by atoms with E-state index in [1.165, 1.54) is 12.8 Å². The first-order valence-corrected chi connectivity index (χ1v) is 8.05. The zero-order valence-electron chi connectivity index (χ0n) is 12.7. The number of hydrogen-bond acceptors (Lipinski definition) is 3. The highest BCUT2D eigenvalue weighted by Gasteiger charge is 2.34. The highest BCUT2D eigenvalue weighted by atomic mass is 16.5. The maximum Gasteiger partial charge on any atom is 0.230 e. The number of carbonyl (C=O) groups excluding carboxylic acids is 1. The molecular formula is C17H24N2O2. The van der Waals surface area contributed by atoms with E-state index in [4.69, 9.17) is 4.74 Å². The van der Waals surface area contributed by atoms with Gasteiger partial charge in [-0.15, -0.1) is 0 Å². The molecule has 0 aromatic heterocycles. The van der Waals surface area contributed by atoms with Gasteiger partial charge in [0, 0.05) is 12.6 Å². The number of para-hydroxylation sites is 2. The molecule has 2 aliphatic rings. The van der Waals surface area contributed by atoms with Crippen LogP contribution in [0.5, 0.6) is 5.75 Å². The summed E-state index contributed by atoms with van der Waals surface area (Å²) < 4.78 is 5.71. The van der Waals surface area contributed by atoms with Gasteiger partial charge in [0.15, 0.2) is 0 Å². The van der Waals surface area contributed by atoms with Crippen molar-refractivity contribution in [2.45, 2.75) is 38.6 Å². The van der Waals surface area contributed by atoms with Crippen molar-refractivity contribution < 1.29 is 9.53 Å². The van der Waals surface area contributed by atoms with Gasteiger partial charge in [-0.25, -0.2) is 0 Å². The van der Waals surface area contributed by atoms with Crippen LogP contribution in [-0.4, -0.2) is 31.6 Å². The van der Waals surface area contributed by atoms with Crippen molar-refractivity contribution >= 4 is 11.6 Å². The average molecular weight is 288 g/mol. The molecule has 1 saturated carbocycles. The van der Waals surface area contributed by atoms with E-state index < -0.39 is 0 Å². The van der Waals surface area contributed by atoms with Gasteiger partial charge >= 0.3 is 0 Å². The minimum Gasteiger partial charge on any atom is -0.491 e. The molecule has 1 heterocycles. The molecule has 1 fully saturated rings. The maximum absolute atomic E-state index is 12.4. The molecule has 1 aromatic carbocycles. The van der Waals surface area contributed by atoms with Gasteiger partial charge in [-0.2, -0.15) is 0 Å². The van der Waals surface area contributed by atoms with E-state index in [0.29, 0.717) is 19.1 Å². The van der Waals surface area contributed by atoms with Crippen molar-refractivity contribution in [1.82, 2.24) is 5.32 Å². The van der Waals surface area contributed by atoms with Crippen molar-refractivity contribution in [3.05, 3.63) is 24.3 Å². The quantitative estimate of drug-likeness (QED) is 0.875. The summed E-state index contributed by atoms with van der Waals surface area (Å²) in [6.07, 6.45) is 4.14. The molecule has 1 N–H and O–H groups in total. The van der Waals surface area contributed by atoms with Gasteiger partial charge in [-0.1, -0.05) is 19.1 Å². The molecule has 4 nitrogen and oxygen atoms in total. The van der Waals surface area contributed by atoms with Gasteiger partial charge in [0.05, 0.1) is 18.7 Å². The lowest BCUT2D eigenvalue weighted by molar-refractivity contribution is -0.118. The normalized spacial score (nSPS) is 19.7. The third kappa shape index (κ3) is 3.38. The lowest BCUT2D eigenvalue weighted by atomic mass is 10.1. The van der Waals surface area contributed by atoms with E-state index in [-0.39, 0.29) is 5.91 Å².